The molecule has 0 heterocycles. The van der Waals surface area contributed by atoms with E-state index in [0.29, 0.717) is 13.0 Å². The van der Waals surface area contributed by atoms with Gasteiger partial charge >= 0.3 is 12.1 Å². The van der Waals surface area contributed by atoms with E-state index in [4.69, 9.17) is 4.74 Å². The molecular formula is C13H25F3N2O2. The van der Waals surface area contributed by atoms with E-state index in [9.17, 15) is 18.0 Å². The molecular weight excluding hydrogens is 273 g/mol. The molecule has 0 aliphatic rings. The molecule has 1 unspecified atom stereocenters. The Kier molecular flexibility index (Phi) is 7.51. The van der Waals surface area contributed by atoms with Crippen LogP contribution in [-0.4, -0.2) is 55.9 Å². The van der Waals surface area contributed by atoms with Crippen molar-refractivity contribution >= 4 is 5.97 Å². The molecule has 0 fully saturated rings. The second-order valence-corrected chi connectivity index (χ2v) is 5.54. The Morgan fingerprint density at radius 1 is 1.25 bits per heavy atom. The van der Waals surface area contributed by atoms with E-state index in [2.05, 4.69) is 5.32 Å². The van der Waals surface area contributed by atoms with Gasteiger partial charge in [-0.1, -0.05) is 0 Å². The van der Waals surface area contributed by atoms with Gasteiger partial charge in [0.1, 0.15) is 5.54 Å². The lowest BCUT2D eigenvalue weighted by atomic mass is 9.96. The Hall–Kier alpha value is -0.820. The maximum atomic E-state index is 12.1. The van der Waals surface area contributed by atoms with Crippen molar-refractivity contribution in [2.75, 3.05) is 27.2 Å². The molecule has 120 valence electrons. The fourth-order valence-corrected chi connectivity index (χ4v) is 1.94. The average Bonchev–Trinajstić information content (AvgIpc) is 2.31. The molecule has 7 heteroatoms. The Labute approximate surface area is 118 Å². The summed E-state index contributed by atoms with van der Waals surface area (Å²) in [5.74, 6) is -0.407. The summed E-state index contributed by atoms with van der Waals surface area (Å²) >= 11 is 0. The second kappa shape index (κ2) is 7.83. The minimum atomic E-state index is -4.16. The standard InChI is InChI=1S/C13H25F3N2O2/c1-10(2)17-12(3,11(19)20-5)6-8-18(4)9-7-13(14,15)16/h10,17H,6-9H2,1-5H3. The van der Waals surface area contributed by atoms with Gasteiger partial charge in [0.05, 0.1) is 13.5 Å². The van der Waals surface area contributed by atoms with Crippen LogP contribution in [0, 0.1) is 0 Å². The van der Waals surface area contributed by atoms with Crippen molar-refractivity contribution in [3.63, 3.8) is 0 Å². The van der Waals surface area contributed by atoms with E-state index in [1.807, 2.05) is 13.8 Å². The molecule has 0 saturated carbocycles. The molecule has 0 radical (unpaired) electrons. The highest BCUT2D eigenvalue weighted by atomic mass is 19.4. The highest BCUT2D eigenvalue weighted by Crippen LogP contribution is 2.20. The lowest BCUT2D eigenvalue weighted by molar-refractivity contribution is -0.149. The maximum Gasteiger partial charge on any atom is 0.390 e. The maximum absolute atomic E-state index is 12.1. The first-order valence-electron chi connectivity index (χ1n) is 6.61. The van der Waals surface area contributed by atoms with Crippen LogP contribution in [0.2, 0.25) is 0 Å². The van der Waals surface area contributed by atoms with Crippen LogP contribution in [0.4, 0.5) is 13.2 Å². The molecule has 4 nitrogen and oxygen atoms in total. The first-order chi connectivity index (χ1) is 9.00. The van der Waals surface area contributed by atoms with Crippen LogP contribution in [0.5, 0.6) is 0 Å². The number of nitrogens with one attached hydrogen (secondary N) is 1. The number of hydrogen-bond acceptors (Lipinski definition) is 4. The summed E-state index contributed by atoms with van der Waals surface area (Å²) in [6, 6.07) is 0.0691. The zero-order chi connectivity index (χ0) is 16.0. The molecule has 0 rings (SSSR count). The summed E-state index contributed by atoms with van der Waals surface area (Å²) in [5, 5.41) is 3.11. The number of methoxy groups -OCH3 is 1. The Morgan fingerprint density at radius 2 is 1.75 bits per heavy atom. The molecule has 0 aliphatic heterocycles. The number of rotatable bonds is 8. The molecule has 1 N–H and O–H groups in total. The zero-order valence-electron chi connectivity index (χ0n) is 12.8. The monoisotopic (exact) mass is 298 g/mol. The number of ether oxygens (including phenoxy) is 1. The summed E-state index contributed by atoms with van der Waals surface area (Å²) in [5.41, 5.74) is -0.893. The second-order valence-electron chi connectivity index (χ2n) is 5.54. The van der Waals surface area contributed by atoms with E-state index in [1.54, 1.807) is 18.9 Å². The third-order valence-electron chi connectivity index (χ3n) is 3.01. The smallest absolute Gasteiger partial charge is 0.390 e. The first kappa shape index (κ1) is 19.2. The molecule has 0 aromatic rings. The van der Waals surface area contributed by atoms with Gasteiger partial charge in [0.25, 0.3) is 0 Å². The van der Waals surface area contributed by atoms with E-state index in [-0.39, 0.29) is 12.6 Å². The number of halogens is 3. The van der Waals surface area contributed by atoms with Gasteiger partial charge in [0, 0.05) is 19.1 Å². The van der Waals surface area contributed by atoms with Crippen LogP contribution in [-0.2, 0) is 9.53 Å². The van der Waals surface area contributed by atoms with Crippen molar-refractivity contribution in [3.05, 3.63) is 0 Å². The van der Waals surface area contributed by atoms with Gasteiger partial charge in [-0.05, 0) is 34.2 Å². The highest BCUT2D eigenvalue weighted by Gasteiger charge is 2.35. The quantitative estimate of drug-likeness (QED) is 0.698. The summed E-state index contributed by atoms with van der Waals surface area (Å²) in [4.78, 5) is 13.4. The fourth-order valence-electron chi connectivity index (χ4n) is 1.94. The van der Waals surface area contributed by atoms with Gasteiger partial charge in [0.15, 0.2) is 0 Å². The number of nitrogens with zero attached hydrogens (tertiary/aromatic N) is 1. The van der Waals surface area contributed by atoms with Gasteiger partial charge in [-0.3, -0.25) is 10.1 Å². The fraction of sp³-hybridized carbons (Fsp3) is 0.923. The molecule has 0 aromatic heterocycles. The van der Waals surface area contributed by atoms with Crippen LogP contribution in [0.15, 0.2) is 0 Å². The lowest BCUT2D eigenvalue weighted by Gasteiger charge is -2.32. The third-order valence-corrected chi connectivity index (χ3v) is 3.01. The van der Waals surface area contributed by atoms with Crippen molar-refractivity contribution in [1.82, 2.24) is 10.2 Å². The predicted octanol–water partition coefficient (Wildman–Crippen LogP) is 2.19. The van der Waals surface area contributed by atoms with Crippen LogP contribution >= 0.6 is 0 Å². The normalized spacial score (nSPS) is 15.5. The Balaban J connectivity index is 4.43. The minimum Gasteiger partial charge on any atom is -0.468 e. The van der Waals surface area contributed by atoms with Gasteiger partial charge in [-0.2, -0.15) is 13.2 Å². The van der Waals surface area contributed by atoms with Crippen LogP contribution < -0.4 is 5.32 Å². The molecule has 0 saturated heterocycles. The summed E-state index contributed by atoms with van der Waals surface area (Å²) in [6.45, 7) is 5.80. The van der Waals surface area contributed by atoms with E-state index >= 15 is 0 Å². The van der Waals surface area contributed by atoms with Crippen LogP contribution in [0.3, 0.4) is 0 Å². The number of carbonyl (C=O) groups excluding carboxylic acids is 1. The predicted molar refractivity (Wildman–Crippen MR) is 71.5 cm³/mol. The van der Waals surface area contributed by atoms with Crippen molar-refractivity contribution < 1.29 is 22.7 Å². The van der Waals surface area contributed by atoms with Gasteiger partial charge in [0.2, 0.25) is 0 Å². The Bertz CT molecular complexity index is 308. The van der Waals surface area contributed by atoms with E-state index in [0.717, 1.165) is 0 Å². The van der Waals surface area contributed by atoms with Gasteiger partial charge in [-0.25, -0.2) is 0 Å². The molecule has 20 heavy (non-hydrogen) atoms. The van der Waals surface area contributed by atoms with Gasteiger partial charge in [-0.15, -0.1) is 0 Å². The molecule has 1 atom stereocenters. The first-order valence-corrected chi connectivity index (χ1v) is 6.61. The van der Waals surface area contributed by atoms with Crippen LogP contribution in [0.25, 0.3) is 0 Å². The molecule has 0 bridgehead atoms. The number of hydrogen-bond donors (Lipinski definition) is 1. The van der Waals surface area contributed by atoms with Crippen molar-refractivity contribution in [2.45, 2.75) is 51.4 Å². The van der Waals surface area contributed by atoms with Crippen molar-refractivity contribution in [2.24, 2.45) is 0 Å². The summed E-state index contributed by atoms with van der Waals surface area (Å²) in [7, 11) is 2.91. The van der Waals surface area contributed by atoms with Crippen molar-refractivity contribution in [1.29, 1.82) is 0 Å². The SMILES string of the molecule is COC(=O)C(C)(CCN(C)CCC(F)(F)F)NC(C)C. The van der Waals surface area contributed by atoms with Crippen LogP contribution in [0.1, 0.15) is 33.6 Å². The Morgan fingerprint density at radius 3 is 2.15 bits per heavy atom. The molecule has 0 spiro atoms. The summed E-state index contributed by atoms with van der Waals surface area (Å²) < 4.78 is 41.2. The average molecular weight is 298 g/mol. The number of carbonyl (C=O) groups is 1. The largest absolute Gasteiger partial charge is 0.468 e. The topological polar surface area (TPSA) is 41.6 Å². The third kappa shape index (κ3) is 7.69. The molecule has 0 aromatic carbocycles. The van der Waals surface area contributed by atoms with Gasteiger partial charge < -0.3 is 9.64 Å². The highest BCUT2D eigenvalue weighted by molar-refractivity contribution is 5.80. The lowest BCUT2D eigenvalue weighted by Crippen LogP contribution is -2.54. The molecule has 0 amide bonds. The zero-order valence-corrected chi connectivity index (χ0v) is 12.8. The van der Waals surface area contributed by atoms with Crippen molar-refractivity contribution in [3.8, 4) is 0 Å². The summed E-state index contributed by atoms with van der Waals surface area (Å²) in [6.07, 6.45) is -4.63. The minimum absolute atomic E-state index is 0.0691. The molecule has 0 aliphatic carbocycles. The van der Waals surface area contributed by atoms with E-state index < -0.39 is 24.1 Å². The van der Waals surface area contributed by atoms with E-state index in [1.165, 1.54) is 7.11 Å². The number of esters is 1. The number of alkyl halides is 3.